The fourth-order valence-corrected chi connectivity index (χ4v) is 4.54. The molecule has 2 heterocycles. The number of benzene rings is 3. The van der Waals surface area contributed by atoms with Gasteiger partial charge in [-0.25, -0.2) is 4.79 Å². The van der Waals surface area contributed by atoms with Gasteiger partial charge in [0.1, 0.15) is 29.5 Å². The zero-order chi connectivity index (χ0) is 31.7. The Balaban J connectivity index is 1.49. The van der Waals surface area contributed by atoms with Crippen molar-refractivity contribution >= 4 is 12.0 Å². The molecule has 0 amide bonds. The molecule has 0 radical (unpaired) electrons. The summed E-state index contributed by atoms with van der Waals surface area (Å²) in [6, 6.07) is 11.0. The number of esters is 1. The number of fused-ring (bicyclic) bond motifs is 1. The molecule has 0 unspecified atom stereocenters. The van der Waals surface area contributed by atoms with E-state index in [1.807, 2.05) is 0 Å². The highest BCUT2D eigenvalue weighted by atomic mass is 16.7. The van der Waals surface area contributed by atoms with Crippen molar-refractivity contribution in [2.24, 2.45) is 0 Å². The Morgan fingerprint density at radius 2 is 1.57 bits per heavy atom. The third-order valence-electron chi connectivity index (χ3n) is 6.76. The summed E-state index contributed by atoms with van der Waals surface area (Å²) in [4.78, 5) is 24.6. The van der Waals surface area contributed by atoms with E-state index in [1.54, 1.807) is 0 Å². The number of hydrogen-bond acceptors (Lipinski definition) is 14. The predicted octanol–water partition coefficient (Wildman–Crippen LogP) is 1.38. The second-order valence-electron chi connectivity index (χ2n) is 9.81. The molecule has 5 rings (SSSR count). The van der Waals surface area contributed by atoms with Crippen LogP contribution in [-0.4, -0.2) is 84.1 Å². The van der Waals surface area contributed by atoms with Crippen molar-refractivity contribution in [3.05, 3.63) is 76.5 Å². The second-order valence-corrected chi connectivity index (χ2v) is 9.81. The highest BCUT2D eigenvalue weighted by Gasteiger charge is 2.48. The van der Waals surface area contributed by atoms with E-state index in [1.165, 1.54) is 36.4 Å². The van der Waals surface area contributed by atoms with Crippen LogP contribution in [0.4, 0.5) is 0 Å². The molecular weight excluding hydrogens is 584 g/mol. The molecular formula is C30H26O14. The minimum atomic E-state index is -1.87. The number of aliphatic hydroxyl groups excluding tert-OH is 3. The van der Waals surface area contributed by atoms with Gasteiger partial charge in [0.15, 0.2) is 46.4 Å². The van der Waals surface area contributed by atoms with Crippen molar-refractivity contribution in [1.29, 1.82) is 0 Å². The van der Waals surface area contributed by atoms with Crippen molar-refractivity contribution in [2.75, 3.05) is 6.61 Å². The summed E-state index contributed by atoms with van der Waals surface area (Å²) in [5.74, 6) is -4.48. The van der Waals surface area contributed by atoms with Crippen molar-refractivity contribution in [1.82, 2.24) is 0 Å². The Hall–Kier alpha value is -5.28. The molecule has 2 aromatic carbocycles. The zero-order valence-electron chi connectivity index (χ0n) is 22.5. The van der Waals surface area contributed by atoms with Gasteiger partial charge in [0.25, 0.3) is 0 Å². The Morgan fingerprint density at radius 3 is 2.23 bits per heavy atom. The van der Waals surface area contributed by atoms with Crippen LogP contribution in [0.15, 0.2) is 69.9 Å². The number of carbonyl (C=O) groups is 1. The first-order chi connectivity index (χ1) is 20.9. The van der Waals surface area contributed by atoms with Gasteiger partial charge in [0.2, 0.25) is 6.29 Å². The number of phenols is 5. The summed E-state index contributed by atoms with van der Waals surface area (Å²) in [7, 11) is 0. The van der Waals surface area contributed by atoms with E-state index in [0.29, 0.717) is 5.56 Å². The second kappa shape index (κ2) is 12.1. The lowest BCUT2D eigenvalue weighted by atomic mass is 9.98. The molecule has 0 bridgehead atoms. The number of rotatable bonds is 7. The maximum atomic E-state index is 12.6. The normalized spacial score (nSPS) is 21.8. The lowest BCUT2D eigenvalue weighted by Crippen LogP contribution is -2.61. The maximum Gasteiger partial charge on any atom is 0.331 e. The quantitative estimate of drug-likeness (QED) is 0.0839. The van der Waals surface area contributed by atoms with E-state index in [0.717, 1.165) is 30.3 Å². The minimum absolute atomic E-state index is 0.0195. The van der Waals surface area contributed by atoms with Crippen LogP contribution in [0.2, 0.25) is 0 Å². The van der Waals surface area contributed by atoms with E-state index in [2.05, 4.69) is 0 Å². The molecule has 1 saturated heterocycles. The van der Waals surface area contributed by atoms with Gasteiger partial charge < -0.3 is 59.5 Å². The molecule has 14 nitrogen and oxygen atoms in total. The minimum Gasteiger partial charge on any atom is -0.508 e. The third-order valence-corrected chi connectivity index (χ3v) is 6.76. The van der Waals surface area contributed by atoms with E-state index in [4.69, 9.17) is 18.6 Å². The number of aliphatic hydroxyl groups is 3. The fourth-order valence-electron chi connectivity index (χ4n) is 4.54. The van der Waals surface area contributed by atoms with Crippen LogP contribution in [0.3, 0.4) is 0 Å². The highest BCUT2D eigenvalue weighted by molar-refractivity contribution is 5.87. The molecule has 14 heteroatoms. The fraction of sp³-hybridized carbons (Fsp3) is 0.200. The van der Waals surface area contributed by atoms with Crippen molar-refractivity contribution in [2.45, 2.75) is 30.7 Å². The lowest BCUT2D eigenvalue weighted by molar-refractivity contribution is -0.280. The molecule has 1 fully saturated rings. The van der Waals surface area contributed by atoms with Crippen LogP contribution in [0.1, 0.15) is 5.56 Å². The molecule has 0 spiro atoms. The molecule has 5 atom stereocenters. The Morgan fingerprint density at radius 1 is 0.886 bits per heavy atom. The van der Waals surface area contributed by atoms with Gasteiger partial charge in [0.05, 0.1) is 12.2 Å². The standard InChI is InChI=1S/C30H26O14/c31-12-23-26(39)29(44-24(37)6-3-13-1-4-15(32)5-2-13)27(40)30(43-23)42-22-11-17-18(34)9-16(33)10-21(17)41-28(22)14-7-19(35)25(38)20(36)8-14/h1-11,23,26-27,29-32,34-36,38-40H,12H2/t23-,26-,27-,29+,30-/m1/s1. The first kappa shape index (κ1) is 30.2. The number of carbonyl (C=O) groups excluding carboxylic acids is 1. The summed E-state index contributed by atoms with van der Waals surface area (Å²) in [5.41, 5.74) is -0.183. The van der Waals surface area contributed by atoms with Gasteiger partial charge in [-0.05, 0) is 42.0 Å². The van der Waals surface area contributed by atoms with Crippen molar-refractivity contribution < 1.29 is 64.3 Å². The molecule has 0 saturated carbocycles. The molecule has 2 aromatic rings. The predicted molar refractivity (Wildman–Crippen MR) is 149 cm³/mol. The lowest BCUT2D eigenvalue weighted by Gasteiger charge is -2.41. The van der Waals surface area contributed by atoms with Crippen LogP contribution in [-0.2, 0) is 14.3 Å². The van der Waals surface area contributed by atoms with Crippen LogP contribution < -0.4 is 10.2 Å². The Kier molecular flexibility index (Phi) is 8.33. The summed E-state index contributed by atoms with van der Waals surface area (Å²) in [6.07, 6.45) is -6.04. The summed E-state index contributed by atoms with van der Waals surface area (Å²) in [6.45, 7) is -0.785. The number of phenolic OH excluding ortho intramolecular Hbond substituents is 5. The van der Waals surface area contributed by atoms with Crippen molar-refractivity contribution in [3.8, 4) is 57.1 Å². The average molecular weight is 611 g/mol. The van der Waals surface area contributed by atoms with Crippen LogP contribution in [0, 0.1) is 0 Å². The number of aromatic hydroxyl groups is 5. The van der Waals surface area contributed by atoms with Crippen LogP contribution in [0.25, 0.3) is 28.7 Å². The monoisotopic (exact) mass is 610 g/mol. The number of hydrogen-bond donors (Lipinski definition) is 8. The Labute approximate surface area is 247 Å². The third kappa shape index (κ3) is 6.09. The van der Waals surface area contributed by atoms with Crippen LogP contribution >= 0.6 is 0 Å². The largest absolute Gasteiger partial charge is 0.508 e. The van der Waals surface area contributed by atoms with Gasteiger partial charge in [0, 0.05) is 23.8 Å². The van der Waals surface area contributed by atoms with Crippen molar-refractivity contribution in [3.63, 3.8) is 0 Å². The molecule has 3 aliphatic rings. The van der Waals surface area contributed by atoms with E-state index >= 15 is 0 Å². The molecule has 44 heavy (non-hydrogen) atoms. The molecule has 0 aromatic heterocycles. The summed E-state index contributed by atoms with van der Waals surface area (Å²) in [5, 5.41) is 81.3. The summed E-state index contributed by atoms with van der Waals surface area (Å²) >= 11 is 0. The molecule has 8 N–H and O–H groups in total. The van der Waals surface area contributed by atoms with Gasteiger partial charge in [-0.1, -0.05) is 12.1 Å². The van der Waals surface area contributed by atoms with Gasteiger partial charge >= 0.3 is 5.97 Å². The van der Waals surface area contributed by atoms with Gasteiger partial charge in [-0.3, -0.25) is 4.79 Å². The van der Waals surface area contributed by atoms with Gasteiger partial charge in [-0.2, -0.15) is 0 Å². The van der Waals surface area contributed by atoms with E-state index < -0.39 is 71.7 Å². The van der Waals surface area contributed by atoms with E-state index in [-0.39, 0.29) is 34.1 Å². The van der Waals surface area contributed by atoms with Crippen LogP contribution in [0.5, 0.6) is 34.5 Å². The topological polar surface area (TPSA) is 237 Å². The SMILES string of the molecule is O=C(C=Cc1ccc(O)cc1)O[C@@H]1[C@@H](O)[C@H](Oc2cc3c(O)cc(=O)cc-3oc2-c2cc(O)c(O)c(O)c2)O[C@H](CO)[C@H]1O. The van der Waals surface area contributed by atoms with E-state index in [9.17, 15) is 50.4 Å². The highest BCUT2D eigenvalue weighted by Crippen LogP contribution is 2.45. The summed E-state index contributed by atoms with van der Waals surface area (Å²) < 4.78 is 22.5. The molecule has 2 aliphatic heterocycles. The first-order valence-corrected chi connectivity index (χ1v) is 13.0. The molecule has 1 aliphatic carbocycles. The zero-order valence-corrected chi connectivity index (χ0v) is 22.5. The average Bonchev–Trinajstić information content (AvgIpc) is 2.98. The number of ether oxygens (including phenoxy) is 3. The smallest absolute Gasteiger partial charge is 0.331 e. The van der Waals surface area contributed by atoms with Gasteiger partial charge in [-0.15, -0.1) is 0 Å². The Bertz CT molecular complexity index is 1700. The first-order valence-electron chi connectivity index (χ1n) is 13.0. The molecule has 230 valence electrons. The maximum absolute atomic E-state index is 12.6.